The van der Waals surface area contributed by atoms with E-state index in [1.807, 2.05) is 30.3 Å². The molecule has 1 unspecified atom stereocenters. The van der Waals surface area contributed by atoms with Crippen LogP contribution in [-0.4, -0.2) is 4.98 Å². The van der Waals surface area contributed by atoms with Gasteiger partial charge in [0.25, 0.3) is 0 Å². The summed E-state index contributed by atoms with van der Waals surface area (Å²) in [6.07, 6.45) is 10.1. The van der Waals surface area contributed by atoms with Crippen LogP contribution in [0.1, 0.15) is 17.0 Å². The molecule has 0 fully saturated rings. The number of pyridine rings is 1. The Hall–Kier alpha value is -2.07. The third kappa shape index (κ3) is 2.49. The zero-order valence-corrected chi connectivity index (χ0v) is 9.01. The van der Waals surface area contributed by atoms with Crippen molar-refractivity contribution in [1.82, 2.24) is 4.98 Å². The number of aromatic nitrogens is 1. The van der Waals surface area contributed by atoms with E-state index in [9.17, 15) is 0 Å². The molecule has 1 heteroatoms. The highest BCUT2D eigenvalue weighted by atomic mass is 14.6. The van der Waals surface area contributed by atoms with Gasteiger partial charge in [-0.05, 0) is 29.7 Å². The highest BCUT2D eigenvalue weighted by Crippen LogP contribution is 2.19. The van der Waals surface area contributed by atoms with Gasteiger partial charge >= 0.3 is 0 Å². The predicted molar refractivity (Wildman–Crippen MR) is 66.0 cm³/mol. The van der Waals surface area contributed by atoms with Crippen molar-refractivity contribution in [3.05, 3.63) is 66.0 Å². The van der Waals surface area contributed by atoms with Crippen molar-refractivity contribution >= 4 is 0 Å². The third-order valence-electron chi connectivity index (χ3n) is 2.59. The van der Waals surface area contributed by atoms with Crippen LogP contribution in [0.4, 0.5) is 0 Å². The maximum atomic E-state index is 5.59. The highest BCUT2D eigenvalue weighted by molar-refractivity contribution is 5.29. The van der Waals surface area contributed by atoms with E-state index in [0.29, 0.717) is 0 Å². The van der Waals surface area contributed by atoms with Crippen molar-refractivity contribution < 1.29 is 0 Å². The largest absolute Gasteiger partial charge is 0.265 e. The van der Waals surface area contributed by atoms with E-state index in [0.717, 1.165) is 6.42 Å². The molecule has 0 amide bonds. The molecule has 0 saturated heterocycles. The average Bonchev–Trinajstić information content (AvgIpc) is 2.38. The molecule has 0 bridgehead atoms. The second-order valence-corrected chi connectivity index (χ2v) is 3.69. The second-order valence-electron chi connectivity index (χ2n) is 3.69. The van der Waals surface area contributed by atoms with E-state index in [2.05, 4.69) is 23.0 Å². The number of terminal acetylenes is 1. The molecule has 0 radical (unpaired) electrons. The summed E-state index contributed by atoms with van der Waals surface area (Å²) >= 11 is 0. The molecule has 2 aromatic rings. The number of hydrogen-bond donors (Lipinski definition) is 0. The fourth-order valence-electron chi connectivity index (χ4n) is 1.71. The van der Waals surface area contributed by atoms with Gasteiger partial charge in [-0.1, -0.05) is 36.3 Å². The lowest BCUT2D eigenvalue weighted by molar-refractivity contribution is 0.861. The maximum absolute atomic E-state index is 5.59. The Morgan fingerprint density at radius 3 is 2.38 bits per heavy atom. The number of nitrogens with zero attached hydrogens (tertiary/aromatic N) is 1. The van der Waals surface area contributed by atoms with Crippen LogP contribution in [-0.2, 0) is 6.42 Å². The van der Waals surface area contributed by atoms with Crippen molar-refractivity contribution in [3.63, 3.8) is 0 Å². The van der Waals surface area contributed by atoms with Gasteiger partial charge in [0.15, 0.2) is 0 Å². The maximum Gasteiger partial charge on any atom is 0.0489 e. The molecule has 0 saturated carbocycles. The molecular weight excluding hydrogens is 194 g/mol. The summed E-state index contributed by atoms with van der Waals surface area (Å²) in [5.74, 6) is 2.99. The zero-order chi connectivity index (χ0) is 11.2. The van der Waals surface area contributed by atoms with Crippen molar-refractivity contribution in [1.29, 1.82) is 0 Å². The van der Waals surface area contributed by atoms with E-state index in [4.69, 9.17) is 6.42 Å². The smallest absolute Gasteiger partial charge is 0.0489 e. The Morgan fingerprint density at radius 1 is 1.06 bits per heavy atom. The van der Waals surface area contributed by atoms with Crippen LogP contribution in [0.5, 0.6) is 0 Å². The first kappa shape index (κ1) is 10.4. The lowest BCUT2D eigenvalue weighted by Crippen LogP contribution is -2.00. The fourth-order valence-corrected chi connectivity index (χ4v) is 1.71. The predicted octanol–water partition coefficient (Wildman–Crippen LogP) is 3.04. The number of benzene rings is 1. The van der Waals surface area contributed by atoms with Crippen molar-refractivity contribution in [3.8, 4) is 12.3 Å². The molecule has 0 aliphatic carbocycles. The first-order chi connectivity index (χ1) is 7.90. The van der Waals surface area contributed by atoms with Crippen LogP contribution in [0, 0.1) is 12.3 Å². The van der Waals surface area contributed by atoms with Gasteiger partial charge in [-0.2, -0.15) is 0 Å². The van der Waals surface area contributed by atoms with Crippen LogP contribution in [0.3, 0.4) is 0 Å². The van der Waals surface area contributed by atoms with Gasteiger partial charge in [-0.15, -0.1) is 6.42 Å². The van der Waals surface area contributed by atoms with Crippen LogP contribution in [0.2, 0.25) is 0 Å². The van der Waals surface area contributed by atoms with E-state index in [-0.39, 0.29) is 5.92 Å². The third-order valence-corrected chi connectivity index (χ3v) is 2.59. The van der Waals surface area contributed by atoms with Gasteiger partial charge < -0.3 is 0 Å². The monoisotopic (exact) mass is 207 g/mol. The second kappa shape index (κ2) is 5.14. The quantitative estimate of drug-likeness (QED) is 0.705. The Morgan fingerprint density at radius 2 is 1.75 bits per heavy atom. The van der Waals surface area contributed by atoms with Crippen LogP contribution in [0.25, 0.3) is 0 Å². The summed E-state index contributed by atoms with van der Waals surface area (Å²) in [6.45, 7) is 0. The Labute approximate surface area is 96.2 Å². The highest BCUT2D eigenvalue weighted by Gasteiger charge is 2.08. The molecule has 1 aromatic heterocycles. The minimum Gasteiger partial charge on any atom is -0.265 e. The Bertz CT molecular complexity index is 468. The van der Waals surface area contributed by atoms with E-state index in [1.54, 1.807) is 12.4 Å². The van der Waals surface area contributed by atoms with Gasteiger partial charge in [-0.3, -0.25) is 4.98 Å². The summed E-state index contributed by atoms with van der Waals surface area (Å²) in [7, 11) is 0. The Balaban J connectivity index is 2.17. The molecular formula is C15H13N. The summed E-state index contributed by atoms with van der Waals surface area (Å²) in [5, 5.41) is 0. The molecule has 0 spiro atoms. The molecule has 1 nitrogen and oxygen atoms in total. The standard InChI is InChI=1S/C15H13N/c1-2-14(15-6-4-3-5-7-15)12-13-8-10-16-11-9-13/h1,3-11,14H,12H2. The van der Waals surface area contributed by atoms with Gasteiger partial charge in [0.1, 0.15) is 0 Å². The zero-order valence-electron chi connectivity index (χ0n) is 9.01. The first-order valence-electron chi connectivity index (χ1n) is 5.30. The van der Waals surface area contributed by atoms with E-state index >= 15 is 0 Å². The summed E-state index contributed by atoms with van der Waals surface area (Å²) < 4.78 is 0. The summed E-state index contributed by atoms with van der Waals surface area (Å²) in [4.78, 5) is 4.00. The van der Waals surface area contributed by atoms with Gasteiger partial charge in [0, 0.05) is 18.3 Å². The van der Waals surface area contributed by atoms with Gasteiger partial charge in [0.05, 0.1) is 0 Å². The topological polar surface area (TPSA) is 12.9 Å². The molecule has 0 aliphatic rings. The van der Waals surface area contributed by atoms with Gasteiger partial charge in [0.2, 0.25) is 0 Å². The van der Waals surface area contributed by atoms with Crippen molar-refractivity contribution in [2.75, 3.05) is 0 Å². The molecule has 1 heterocycles. The van der Waals surface area contributed by atoms with Crippen LogP contribution < -0.4 is 0 Å². The van der Waals surface area contributed by atoms with Gasteiger partial charge in [-0.25, -0.2) is 0 Å². The molecule has 0 N–H and O–H groups in total. The van der Waals surface area contributed by atoms with E-state index in [1.165, 1.54) is 11.1 Å². The van der Waals surface area contributed by atoms with Crippen molar-refractivity contribution in [2.24, 2.45) is 0 Å². The minimum absolute atomic E-state index is 0.142. The Kier molecular flexibility index (Phi) is 3.35. The number of hydrogen-bond acceptors (Lipinski definition) is 1. The normalized spacial score (nSPS) is 11.7. The minimum atomic E-state index is 0.142. The molecule has 2 rings (SSSR count). The molecule has 1 atom stereocenters. The molecule has 78 valence electrons. The lowest BCUT2D eigenvalue weighted by atomic mass is 9.93. The summed E-state index contributed by atoms with van der Waals surface area (Å²) in [5.41, 5.74) is 2.42. The van der Waals surface area contributed by atoms with Crippen LogP contribution in [0.15, 0.2) is 54.9 Å². The molecule has 16 heavy (non-hydrogen) atoms. The van der Waals surface area contributed by atoms with E-state index < -0.39 is 0 Å². The lowest BCUT2D eigenvalue weighted by Gasteiger charge is -2.10. The number of rotatable bonds is 3. The SMILES string of the molecule is C#CC(Cc1ccncc1)c1ccccc1. The molecule has 0 aliphatic heterocycles. The van der Waals surface area contributed by atoms with Crippen LogP contribution >= 0.6 is 0 Å². The van der Waals surface area contributed by atoms with Crippen molar-refractivity contribution in [2.45, 2.75) is 12.3 Å². The average molecular weight is 207 g/mol. The summed E-state index contributed by atoms with van der Waals surface area (Å²) in [6, 6.07) is 14.2. The fraction of sp³-hybridized carbons (Fsp3) is 0.133. The molecule has 1 aromatic carbocycles. The first-order valence-corrected chi connectivity index (χ1v) is 5.30.